The first-order chi connectivity index (χ1) is 10.1. The van der Waals surface area contributed by atoms with Crippen LogP contribution in [0, 0.1) is 0 Å². The predicted molar refractivity (Wildman–Crippen MR) is 82.1 cm³/mol. The minimum absolute atomic E-state index is 0.0513. The number of hydrogen-bond donors (Lipinski definition) is 0. The SMILES string of the molecule is COc1ccc(Cl)cc1N1C(=O)COc2ccc(Cl)cc21. The average molecular weight is 324 g/mol. The van der Waals surface area contributed by atoms with Gasteiger partial charge in [0.15, 0.2) is 6.61 Å². The van der Waals surface area contributed by atoms with Crippen molar-refractivity contribution in [3.63, 3.8) is 0 Å². The molecular formula is C15H11Cl2NO3. The van der Waals surface area contributed by atoms with Crippen LogP contribution >= 0.6 is 23.2 Å². The van der Waals surface area contributed by atoms with Crippen LogP contribution in [-0.2, 0) is 4.79 Å². The molecule has 0 fully saturated rings. The zero-order valence-electron chi connectivity index (χ0n) is 11.1. The summed E-state index contributed by atoms with van der Waals surface area (Å²) in [4.78, 5) is 13.8. The lowest BCUT2D eigenvalue weighted by molar-refractivity contribution is -0.120. The van der Waals surface area contributed by atoms with Crippen molar-refractivity contribution >= 4 is 40.5 Å². The molecule has 0 unspecified atom stereocenters. The summed E-state index contributed by atoms with van der Waals surface area (Å²) in [6.45, 7) is -0.0513. The Hall–Kier alpha value is -1.91. The molecule has 1 aliphatic heterocycles. The Morgan fingerprint density at radius 3 is 2.48 bits per heavy atom. The van der Waals surface area contributed by atoms with Crippen LogP contribution in [0.15, 0.2) is 36.4 Å². The highest BCUT2D eigenvalue weighted by atomic mass is 35.5. The highest BCUT2D eigenvalue weighted by Crippen LogP contribution is 2.43. The van der Waals surface area contributed by atoms with E-state index in [0.717, 1.165) is 0 Å². The molecule has 1 aliphatic rings. The van der Waals surface area contributed by atoms with Crippen molar-refractivity contribution in [2.45, 2.75) is 0 Å². The van der Waals surface area contributed by atoms with Gasteiger partial charge in [-0.1, -0.05) is 23.2 Å². The second-order valence-corrected chi connectivity index (χ2v) is 5.32. The Morgan fingerprint density at radius 1 is 1.10 bits per heavy atom. The molecular weight excluding hydrogens is 313 g/mol. The molecule has 21 heavy (non-hydrogen) atoms. The smallest absolute Gasteiger partial charge is 0.269 e. The Balaban J connectivity index is 2.20. The Kier molecular flexibility index (Phi) is 3.66. The molecule has 1 amide bonds. The van der Waals surface area contributed by atoms with Crippen LogP contribution in [0.2, 0.25) is 10.0 Å². The summed E-state index contributed by atoms with van der Waals surface area (Å²) in [5.41, 5.74) is 1.13. The van der Waals surface area contributed by atoms with Crippen molar-refractivity contribution in [1.82, 2.24) is 0 Å². The largest absolute Gasteiger partial charge is 0.495 e. The standard InChI is InChI=1S/C15H11Cl2NO3/c1-20-13-4-2-9(16)6-11(13)18-12-7-10(17)3-5-14(12)21-8-15(18)19/h2-7H,8H2,1H3. The number of ether oxygens (including phenoxy) is 2. The van der Waals surface area contributed by atoms with Crippen LogP contribution < -0.4 is 14.4 Å². The van der Waals surface area contributed by atoms with Crippen molar-refractivity contribution in [3.8, 4) is 11.5 Å². The molecule has 2 aromatic rings. The lowest BCUT2D eigenvalue weighted by Gasteiger charge is -2.30. The number of methoxy groups -OCH3 is 1. The van der Waals surface area contributed by atoms with E-state index in [0.29, 0.717) is 32.9 Å². The summed E-state index contributed by atoms with van der Waals surface area (Å²) in [7, 11) is 1.54. The summed E-state index contributed by atoms with van der Waals surface area (Å²) in [5, 5.41) is 1.02. The van der Waals surface area contributed by atoms with Crippen molar-refractivity contribution in [2.75, 3.05) is 18.6 Å². The Bertz CT molecular complexity index is 718. The van der Waals surface area contributed by atoms with Crippen molar-refractivity contribution in [1.29, 1.82) is 0 Å². The molecule has 108 valence electrons. The maximum Gasteiger partial charge on any atom is 0.269 e. The number of rotatable bonds is 2. The summed E-state index contributed by atoms with van der Waals surface area (Å²) in [6, 6.07) is 10.2. The van der Waals surface area contributed by atoms with Gasteiger partial charge in [0.1, 0.15) is 11.5 Å². The van der Waals surface area contributed by atoms with E-state index in [1.54, 1.807) is 36.4 Å². The fourth-order valence-electron chi connectivity index (χ4n) is 2.23. The number of hydrogen-bond acceptors (Lipinski definition) is 3. The molecule has 0 bridgehead atoms. The number of fused-ring (bicyclic) bond motifs is 1. The van der Waals surface area contributed by atoms with E-state index < -0.39 is 0 Å². The third-order valence-electron chi connectivity index (χ3n) is 3.14. The number of halogens is 2. The lowest BCUT2D eigenvalue weighted by atomic mass is 10.2. The monoisotopic (exact) mass is 323 g/mol. The summed E-state index contributed by atoms with van der Waals surface area (Å²) in [6.07, 6.45) is 0. The topological polar surface area (TPSA) is 38.8 Å². The second-order valence-electron chi connectivity index (χ2n) is 4.45. The molecule has 0 saturated heterocycles. The second kappa shape index (κ2) is 5.47. The van der Waals surface area contributed by atoms with Gasteiger partial charge in [-0.05, 0) is 36.4 Å². The van der Waals surface area contributed by atoms with E-state index in [4.69, 9.17) is 32.7 Å². The molecule has 0 atom stereocenters. The molecule has 1 heterocycles. The third-order valence-corrected chi connectivity index (χ3v) is 3.61. The minimum atomic E-state index is -0.217. The highest BCUT2D eigenvalue weighted by Gasteiger charge is 2.29. The van der Waals surface area contributed by atoms with Crippen LogP contribution in [0.5, 0.6) is 11.5 Å². The molecule has 4 nitrogen and oxygen atoms in total. The molecule has 0 N–H and O–H groups in total. The van der Waals surface area contributed by atoms with Crippen LogP contribution in [0.4, 0.5) is 11.4 Å². The highest BCUT2D eigenvalue weighted by molar-refractivity contribution is 6.31. The van der Waals surface area contributed by atoms with Crippen molar-refractivity contribution < 1.29 is 14.3 Å². The van der Waals surface area contributed by atoms with Gasteiger partial charge in [0, 0.05) is 10.0 Å². The summed E-state index contributed by atoms with van der Waals surface area (Å²) >= 11 is 12.1. The third kappa shape index (κ3) is 2.52. The summed E-state index contributed by atoms with van der Waals surface area (Å²) < 4.78 is 10.7. The molecule has 0 aromatic heterocycles. The predicted octanol–water partition coefficient (Wildman–Crippen LogP) is 4.06. The maximum absolute atomic E-state index is 12.3. The van der Waals surface area contributed by atoms with Gasteiger partial charge in [0.05, 0.1) is 18.5 Å². The van der Waals surface area contributed by atoms with E-state index >= 15 is 0 Å². The fraction of sp³-hybridized carbons (Fsp3) is 0.133. The molecule has 3 rings (SSSR count). The van der Waals surface area contributed by atoms with Gasteiger partial charge in [-0.2, -0.15) is 0 Å². The first-order valence-electron chi connectivity index (χ1n) is 6.19. The number of amides is 1. The van der Waals surface area contributed by atoms with Gasteiger partial charge in [-0.15, -0.1) is 0 Å². The van der Waals surface area contributed by atoms with E-state index in [9.17, 15) is 4.79 Å². The van der Waals surface area contributed by atoms with Gasteiger partial charge < -0.3 is 9.47 Å². The van der Waals surface area contributed by atoms with Gasteiger partial charge in [0.2, 0.25) is 0 Å². The lowest BCUT2D eigenvalue weighted by Crippen LogP contribution is -2.35. The number of carbonyl (C=O) groups is 1. The summed E-state index contributed by atoms with van der Waals surface area (Å²) in [5.74, 6) is 0.909. The van der Waals surface area contributed by atoms with Crippen LogP contribution in [0.25, 0.3) is 0 Å². The number of carbonyl (C=O) groups excluding carboxylic acids is 1. The zero-order valence-corrected chi connectivity index (χ0v) is 12.6. The van der Waals surface area contributed by atoms with Crippen LogP contribution in [-0.4, -0.2) is 19.6 Å². The van der Waals surface area contributed by atoms with Gasteiger partial charge in [0.25, 0.3) is 5.91 Å². The van der Waals surface area contributed by atoms with E-state index in [-0.39, 0.29) is 12.5 Å². The molecule has 0 spiro atoms. The Labute approximate surface area is 131 Å². The van der Waals surface area contributed by atoms with E-state index in [2.05, 4.69) is 0 Å². The molecule has 0 saturated carbocycles. The molecule has 0 aliphatic carbocycles. The molecule has 2 aromatic carbocycles. The number of anilines is 2. The van der Waals surface area contributed by atoms with Gasteiger partial charge in [-0.3, -0.25) is 9.69 Å². The van der Waals surface area contributed by atoms with Crippen LogP contribution in [0.3, 0.4) is 0 Å². The van der Waals surface area contributed by atoms with E-state index in [1.165, 1.54) is 12.0 Å². The normalized spacial score (nSPS) is 13.7. The van der Waals surface area contributed by atoms with Gasteiger partial charge in [-0.25, -0.2) is 0 Å². The average Bonchev–Trinajstić information content (AvgIpc) is 2.47. The Morgan fingerprint density at radius 2 is 1.76 bits per heavy atom. The molecule has 0 radical (unpaired) electrons. The number of nitrogens with zero attached hydrogens (tertiary/aromatic N) is 1. The van der Waals surface area contributed by atoms with Crippen molar-refractivity contribution in [2.24, 2.45) is 0 Å². The minimum Gasteiger partial charge on any atom is -0.495 e. The first-order valence-corrected chi connectivity index (χ1v) is 6.94. The van der Waals surface area contributed by atoms with Crippen LogP contribution in [0.1, 0.15) is 0 Å². The maximum atomic E-state index is 12.3. The molecule has 6 heteroatoms. The zero-order chi connectivity index (χ0) is 15.0. The van der Waals surface area contributed by atoms with E-state index in [1.807, 2.05) is 0 Å². The van der Waals surface area contributed by atoms with Gasteiger partial charge >= 0.3 is 0 Å². The quantitative estimate of drug-likeness (QED) is 0.836. The van der Waals surface area contributed by atoms with Crippen molar-refractivity contribution in [3.05, 3.63) is 46.4 Å². The first kappa shape index (κ1) is 14.0. The number of benzene rings is 2. The fourth-order valence-corrected chi connectivity index (χ4v) is 2.56.